The second-order valence-electron chi connectivity index (χ2n) is 7.21. The fourth-order valence-corrected chi connectivity index (χ4v) is 3.89. The minimum atomic E-state index is -0.770. The van der Waals surface area contributed by atoms with E-state index < -0.39 is 6.10 Å². The lowest BCUT2D eigenvalue weighted by Crippen LogP contribution is -2.55. The minimum Gasteiger partial charge on any atom is -0.388 e. The van der Waals surface area contributed by atoms with Crippen LogP contribution in [0.2, 0.25) is 0 Å². The number of carbonyl (C=O) groups excluding carboxylic acids is 1. The third kappa shape index (κ3) is 3.91. The van der Waals surface area contributed by atoms with E-state index in [1.165, 1.54) is 24.3 Å². The molecule has 3 nitrogen and oxygen atoms in total. The molecular formula is C24H20F2NO2. The Hall–Kier alpha value is -3.05. The third-order valence-electron chi connectivity index (χ3n) is 5.41. The number of aliphatic hydroxyl groups is 1. The highest BCUT2D eigenvalue weighted by atomic mass is 19.1. The summed E-state index contributed by atoms with van der Waals surface area (Å²) in [4.78, 5) is 14.6. The van der Waals surface area contributed by atoms with E-state index in [-0.39, 0.29) is 29.5 Å². The van der Waals surface area contributed by atoms with Gasteiger partial charge in [0, 0.05) is 5.69 Å². The van der Waals surface area contributed by atoms with Gasteiger partial charge in [-0.15, -0.1) is 0 Å². The summed E-state index contributed by atoms with van der Waals surface area (Å²) in [5.74, 6) is -1.06. The van der Waals surface area contributed by atoms with Gasteiger partial charge in [0.05, 0.1) is 18.1 Å². The molecule has 5 heteroatoms. The first-order valence-corrected chi connectivity index (χ1v) is 9.53. The molecular weight excluding hydrogens is 372 g/mol. The average molecular weight is 392 g/mol. The number of aliphatic hydroxyl groups excluding tert-OH is 1. The van der Waals surface area contributed by atoms with Gasteiger partial charge in [-0.1, -0.05) is 36.4 Å². The molecule has 1 heterocycles. The van der Waals surface area contributed by atoms with E-state index >= 15 is 0 Å². The lowest BCUT2D eigenvalue weighted by molar-refractivity contribution is -0.131. The van der Waals surface area contributed by atoms with E-state index in [9.17, 15) is 18.7 Å². The van der Waals surface area contributed by atoms with Crippen LogP contribution in [0.5, 0.6) is 0 Å². The van der Waals surface area contributed by atoms with Crippen molar-refractivity contribution in [3.05, 3.63) is 102 Å². The minimum absolute atomic E-state index is 0.0549. The number of β-lactam (4-membered cyclic amide) rings is 1. The van der Waals surface area contributed by atoms with Crippen LogP contribution in [0.4, 0.5) is 14.5 Å². The SMILES string of the molecule is O=C1[C@H](CC[C@H](O)c2ccc(F)cc2)[C@@H](c2cc[c]cc2)N1c1ccc(F)cc1. The number of amides is 1. The maximum Gasteiger partial charge on any atom is 0.233 e. The van der Waals surface area contributed by atoms with Crippen LogP contribution in [0, 0.1) is 23.6 Å². The molecule has 1 fully saturated rings. The van der Waals surface area contributed by atoms with Gasteiger partial charge in [0.1, 0.15) is 11.6 Å². The number of hydrogen-bond acceptors (Lipinski definition) is 2. The van der Waals surface area contributed by atoms with Crippen LogP contribution in [0.3, 0.4) is 0 Å². The maximum absolute atomic E-state index is 13.3. The molecule has 1 aliphatic rings. The first-order valence-electron chi connectivity index (χ1n) is 9.53. The summed E-state index contributed by atoms with van der Waals surface area (Å²) >= 11 is 0. The van der Waals surface area contributed by atoms with Crippen LogP contribution < -0.4 is 4.90 Å². The van der Waals surface area contributed by atoms with E-state index in [4.69, 9.17) is 0 Å². The summed E-state index contributed by atoms with van der Waals surface area (Å²) in [7, 11) is 0. The molecule has 0 aromatic heterocycles. The van der Waals surface area contributed by atoms with Crippen molar-refractivity contribution in [1.82, 2.24) is 0 Å². The van der Waals surface area contributed by atoms with Crippen molar-refractivity contribution in [2.24, 2.45) is 5.92 Å². The average Bonchev–Trinajstić information content (AvgIpc) is 2.74. The second kappa shape index (κ2) is 8.13. The molecule has 0 unspecified atom stereocenters. The molecule has 1 N–H and O–H groups in total. The maximum atomic E-state index is 13.3. The first-order chi connectivity index (χ1) is 14.0. The van der Waals surface area contributed by atoms with Crippen LogP contribution in [0.1, 0.15) is 36.1 Å². The summed E-state index contributed by atoms with van der Waals surface area (Å²) < 4.78 is 26.4. The largest absolute Gasteiger partial charge is 0.388 e. The van der Waals surface area contributed by atoms with Gasteiger partial charge in [-0.25, -0.2) is 8.78 Å². The van der Waals surface area contributed by atoms with Crippen molar-refractivity contribution in [3.8, 4) is 0 Å². The predicted octanol–water partition coefficient (Wildman–Crippen LogP) is 4.98. The Labute approximate surface area is 168 Å². The highest BCUT2D eigenvalue weighted by Crippen LogP contribution is 2.46. The zero-order valence-corrected chi connectivity index (χ0v) is 15.6. The number of benzene rings is 3. The Morgan fingerprint density at radius 3 is 2.14 bits per heavy atom. The zero-order chi connectivity index (χ0) is 20.4. The van der Waals surface area contributed by atoms with Gasteiger partial charge in [-0.05, 0) is 66.4 Å². The van der Waals surface area contributed by atoms with Crippen LogP contribution in [-0.2, 0) is 4.79 Å². The van der Waals surface area contributed by atoms with Crippen molar-refractivity contribution < 1.29 is 18.7 Å². The van der Waals surface area contributed by atoms with Crippen LogP contribution in [-0.4, -0.2) is 11.0 Å². The van der Waals surface area contributed by atoms with E-state index in [1.54, 1.807) is 41.3 Å². The number of anilines is 1. The topological polar surface area (TPSA) is 40.5 Å². The molecule has 1 saturated heterocycles. The Kier molecular flexibility index (Phi) is 5.41. The van der Waals surface area contributed by atoms with Crippen LogP contribution >= 0.6 is 0 Å². The predicted molar refractivity (Wildman–Crippen MR) is 106 cm³/mol. The van der Waals surface area contributed by atoms with Crippen molar-refractivity contribution >= 4 is 11.6 Å². The number of carbonyl (C=O) groups is 1. The smallest absolute Gasteiger partial charge is 0.233 e. The highest BCUT2D eigenvalue weighted by molar-refractivity contribution is 6.03. The standard InChI is InChI=1S/C24H20F2NO2/c25-18-8-6-16(7-9-18)22(28)15-14-21-23(17-4-2-1-3-5-17)27(24(21)29)20-12-10-19(26)11-13-20/h2-13,21-23,28H,14-15H2/t21-,22+,23-/m1/s1. The van der Waals surface area contributed by atoms with Crippen molar-refractivity contribution in [3.63, 3.8) is 0 Å². The molecule has 1 radical (unpaired) electrons. The zero-order valence-electron chi connectivity index (χ0n) is 15.6. The summed E-state index contributed by atoms with van der Waals surface area (Å²) in [6.07, 6.45) is 0.0978. The van der Waals surface area contributed by atoms with E-state index in [0.29, 0.717) is 24.1 Å². The molecule has 147 valence electrons. The molecule has 0 bridgehead atoms. The van der Waals surface area contributed by atoms with Gasteiger partial charge in [-0.3, -0.25) is 4.79 Å². The Morgan fingerprint density at radius 1 is 0.931 bits per heavy atom. The van der Waals surface area contributed by atoms with E-state index in [1.807, 2.05) is 12.1 Å². The molecule has 3 aromatic carbocycles. The van der Waals surface area contributed by atoms with E-state index in [0.717, 1.165) is 5.56 Å². The fourth-order valence-electron chi connectivity index (χ4n) is 3.89. The number of hydrogen-bond donors (Lipinski definition) is 1. The molecule has 4 rings (SSSR count). The van der Waals surface area contributed by atoms with Crippen molar-refractivity contribution in [2.75, 3.05) is 4.90 Å². The normalized spacial score (nSPS) is 19.7. The summed E-state index contributed by atoms with van der Waals surface area (Å²) in [5.41, 5.74) is 2.23. The van der Waals surface area contributed by atoms with Crippen LogP contribution in [0.25, 0.3) is 0 Å². The molecule has 3 aromatic rings. The first kappa shape index (κ1) is 19.3. The fraction of sp³-hybridized carbons (Fsp3) is 0.208. The lowest BCUT2D eigenvalue weighted by Gasteiger charge is -2.48. The lowest BCUT2D eigenvalue weighted by atomic mass is 9.78. The molecule has 1 amide bonds. The van der Waals surface area contributed by atoms with Gasteiger partial charge >= 0.3 is 0 Å². The highest BCUT2D eigenvalue weighted by Gasteiger charge is 2.48. The Morgan fingerprint density at radius 2 is 1.52 bits per heavy atom. The van der Waals surface area contributed by atoms with Gasteiger partial charge < -0.3 is 10.0 Å². The molecule has 1 aliphatic heterocycles. The number of nitrogens with zero attached hydrogens (tertiary/aromatic N) is 1. The summed E-state index contributed by atoms with van der Waals surface area (Å²) in [6, 6.07) is 21.8. The van der Waals surface area contributed by atoms with Crippen LogP contribution in [0.15, 0.2) is 72.8 Å². The van der Waals surface area contributed by atoms with Gasteiger partial charge in [-0.2, -0.15) is 0 Å². The molecule has 0 aliphatic carbocycles. The van der Waals surface area contributed by atoms with Crippen molar-refractivity contribution in [1.29, 1.82) is 0 Å². The van der Waals surface area contributed by atoms with Gasteiger partial charge in [0.2, 0.25) is 5.91 Å². The third-order valence-corrected chi connectivity index (χ3v) is 5.41. The second-order valence-corrected chi connectivity index (χ2v) is 7.21. The molecule has 0 saturated carbocycles. The summed E-state index contributed by atoms with van der Waals surface area (Å²) in [5, 5.41) is 10.4. The molecule has 29 heavy (non-hydrogen) atoms. The van der Waals surface area contributed by atoms with E-state index in [2.05, 4.69) is 6.07 Å². The quantitative estimate of drug-likeness (QED) is 0.601. The van der Waals surface area contributed by atoms with Crippen molar-refractivity contribution in [2.45, 2.75) is 25.0 Å². The number of rotatable bonds is 6. The van der Waals surface area contributed by atoms with Gasteiger partial charge in [0.15, 0.2) is 0 Å². The monoisotopic (exact) mass is 392 g/mol. The Bertz CT molecular complexity index is 974. The summed E-state index contributed by atoms with van der Waals surface area (Å²) in [6.45, 7) is 0. The molecule has 3 atom stereocenters. The molecule has 0 spiro atoms. The van der Waals surface area contributed by atoms with Gasteiger partial charge in [0.25, 0.3) is 0 Å². The Balaban J connectivity index is 1.53. The number of halogens is 2.